The fourth-order valence-corrected chi connectivity index (χ4v) is 1.94. The number of aromatic nitrogens is 1. The van der Waals surface area contributed by atoms with E-state index in [4.69, 9.17) is 5.26 Å². The standard InChI is InChI=1S/C9H4F5IN2/c10-8(11)7-6(15)5(9(12,13)14)3-4(17-7)1-2-16/h3,8H,1H2. The molecule has 17 heavy (non-hydrogen) atoms. The number of nitrogens with zero attached hydrogens (tertiary/aromatic N) is 2. The number of alkyl halides is 5. The van der Waals surface area contributed by atoms with Crippen molar-refractivity contribution in [3.63, 3.8) is 0 Å². The van der Waals surface area contributed by atoms with Crippen molar-refractivity contribution in [2.45, 2.75) is 19.0 Å². The minimum Gasteiger partial charge on any atom is -0.250 e. The van der Waals surface area contributed by atoms with E-state index in [1.807, 2.05) is 0 Å². The van der Waals surface area contributed by atoms with Crippen LogP contribution in [-0.2, 0) is 12.6 Å². The Kier molecular flexibility index (Phi) is 4.24. The quantitative estimate of drug-likeness (QED) is 0.594. The highest BCUT2D eigenvalue weighted by molar-refractivity contribution is 14.1. The van der Waals surface area contributed by atoms with Crippen LogP contribution in [0.5, 0.6) is 0 Å². The Labute approximate surface area is 107 Å². The molecule has 1 heterocycles. The zero-order chi connectivity index (χ0) is 13.2. The number of nitriles is 1. The molecule has 0 spiro atoms. The van der Waals surface area contributed by atoms with Crippen LogP contribution >= 0.6 is 22.6 Å². The van der Waals surface area contributed by atoms with Crippen molar-refractivity contribution in [3.8, 4) is 6.07 Å². The highest BCUT2D eigenvalue weighted by atomic mass is 127. The van der Waals surface area contributed by atoms with Crippen LogP contribution < -0.4 is 0 Å². The van der Waals surface area contributed by atoms with Crippen LogP contribution in [0.3, 0.4) is 0 Å². The lowest BCUT2D eigenvalue weighted by molar-refractivity contribution is -0.138. The van der Waals surface area contributed by atoms with Crippen LogP contribution in [0.4, 0.5) is 22.0 Å². The molecule has 0 aromatic carbocycles. The third-order valence-electron chi connectivity index (χ3n) is 1.81. The number of hydrogen-bond acceptors (Lipinski definition) is 2. The molecule has 0 radical (unpaired) electrons. The predicted octanol–water partition coefficient (Wildman–Crippen LogP) is 3.71. The van der Waals surface area contributed by atoms with Crippen molar-refractivity contribution < 1.29 is 22.0 Å². The van der Waals surface area contributed by atoms with Gasteiger partial charge in [-0.3, -0.25) is 0 Å². The molecule has 1 aromatic heterocycles. The van der Waals surface area contributed by atoms with Gasteiger partial charge in [0.15, 0.2) is 0 Å². The van der Waals surface area contributed by atoms with Gasteiger partial charge in [0.25, 0.3) is 6.43 Å². The van der Waals surface area contributed by atoms with Gasteiger partial charge in [-0.05, 0) is 28.7 Å². The predicted molar refractivity (Wildman–Crippen MR) is 56.2 cm³/mol. The second kappa shape index (κ2) is 5.12. The maximum absolute atomic E-state index is 12.6. The first kappa shape index (κ1) is 14.1. The van der Waals surface area contributed by atoms with E-state index in [2.05, 4.69) is 4.98 Å². The second-order valence-electron chi connectivity index (χ2n) is 2.99. The molecule has 1 rings (SSSR count). The molecule has 0 N–H and O–H groups in total. The lowest BCUT2D eigenvalue weighted by Crippen LogP contribution is -2.13. The van der Waals surface area contributed by atoms with Gasteiger partial charge in [0.05, 0.1) is 27.3 Å². The van der Waals surface area contributed by atoms with E-state index in [0.717, 1.165) is 0 Å². The monoisotopic (exact) mass is 362 g/mol. The molecule has 0 aliphatic carbocycles. The van der Waals surface area contributed by atoms with Gasteiger partial charge >= 0.3 is 6.18 Å². The minimum atomic E-state index is -4.74. The zero-order valence-corrected chi connectivity index (χ0v) is 10.2. The van der Waals surface area contributed by atoms with Crippen LogP contribution in [0.15, 0.2) is 6.07 Å². The lowest BCUT2D eigenvalue weighted by Gasteiger charge is -2.13. The third kappa shape index (κ3) is 3.24. The second-order valence-corrected chi connectivity index (χ2v) is 4.07. The van der Waals surface area contributed by atoms with E-state index in [1.54, 1.807) is 6.07 Å². The Hall–Kier alpha value is -0.980. The van der Waals surface area contributed by atoms with Gasteiger partial charge in [0.2, 0.25) is 0 Å². The van der Waals surface area contributed by atoms with Crippen molar-refractivity contribution in [1.82, 2.24) is 4.98 Å². The first-order valence-corrected chi connectivity index (χ1v) is 5.27. The molecule has 0 saturated carbocycles. The molecule has 8 heteroatoms. The summed E-state index contributed by atoms with van der Waals surface area (Å²) in [6.45, 7) is 0. The van der Waals surface area contributed by atoms with Crippen molar-refractivity contribution in [2.24, 2.45) is 0 Å². The molecule has 92 valence electrons. The van der Waals surface area contributed by atoms with Crippen molar-refractivity contribution >= 4 is 22.6 Å². The molecule has 0 saturated heterocycles. The molecule has 0 aliphatic heterocycles. The van der Waals surface area contributed by atoms with E-state index < -0.39 is 33.9 Å². The number of pyridine rings is 1. The van der Waals surface area contributed by atoms with Gasteiger partial charge in [0.1, 0.15) is 5.69 Å². The van der Waals surface area contributed by atoms with Gasteiger partial charge < -0.3 is 0 Å². The maximum Gasteiger partial charge on any atom is 0.417 e. The SMILES string of the molecule is N#CCc1cc(C(F)(F)F)c(I)c(C(F)F)n1. The molecular formula is C9H4F5IN2. The summed E-state index contributed by atoms with van der Waals surface area (Å²) in [5.41, 5.74) is -2.44. The average Bonchev–Trinajstić information content (AvgIpc) is 2.18. The van der Waals surface area contributed by atoms with Gasteiger partial charge in [-0.25, -0.2) is 13.8 Å². The van der Waals surface area contributed by atoms with E-state index >= 15 is 0 Å². The van der Waals surface area contributed by atoms with Gasteiger partial charge in [-0.1, -0.05) is 0 Å². The first-order chi connectivity index (χ1) is 7.77. The molecule has 0 bridgehead atoms. The Morgan fingerprint density at radius 3 is 2.41 bits per heavy atom. The molecule has 0 fully saturated rings. The summed E-state index contributed by atoms with van der Waals surface area (Å²) in [5, 5.41) is 8.35. The van der Waals surface area contributed by atoms with E-state index in [-0.39, 0.29) is 5.69 Å². The van der Waals surface area contributed by atoms with Crippen molar-refractivity contribution in [2.75, 3.05) is 0 Å². The van der Waals surface area contributed by atoms with Crippen molar-refractivity contribution in [3.05, 3.63) is 26.6 Å². The number of halogens is 6. The summed E-state index contributed by atoms with van der Waals surface area (Å²) in [7, 11) is 0. The topological polar surface area (TPSA) is 36.7 Å². The molecular weight excluding hydrogens is 358 g/mol. The Morgan fingerprint density at radius 1 is 1.41 bits per heavy atom. The van der Waals surface area contributed by atoms with Crippen molar-refractivity contribution in [1.29, 1.82) is 5.26 Å². The lowest BCUT2D eigenvalue weighted by atomic mass is 10.1. The summed E-state index contributed by atoms with van der Waals surface area (Å²) < 4.78 is 62.0. The summed E-state index contributed by atoms with van der Waals surface area (Å²) in [6.07, 6.45) is -8.30. The van der Waals surface area contributed by atoms with Gasteiger partial charge in [-0.15, -0.1) is 0 Å². The summed E-state index contributed by atoms with van der Waals surface area (Å²) in [6, 6.07) is 2.19. The Morgan fingerprint density at radius 2 is 2.00 bits per heavy atom. The van der Waals surface area contributed by atoms with Crippen LogP contribution in [0.1, 0.15) is 23.4 Å². The highest BCUT2D eigenvalue weighted by Crippen LogP contribution is 2.36. The minimum absolute atomic E-state index is 0.310. The average molecular weight is 362 g/mol. The fourth-order valence-electron chi connectivity index (χ4n) is 1.13. The van der Waals surface area contributed by atoms with Crippen LogP contribution in [0.25, 0.3) is 0 Å². The summed E-state index contributed by atoms with van der Waals surface area (Å²) in [4.78, 5) is 3.36. The first-order valence-electron chi connectivity index (χ1n) is 4.19. The zero-order valence-electron chi connectivity index (χ0n) is 8.02. The summed E-state index contributed by atoms with van der Waals surface area (Å²) >= 11 is 1.18. The van der Waals surface area contributed by atoms with E-state index in [0.29, 0.717) is 6.07 Å². The van der Waals surface area contributed by atoms with E-state index in [1.165, 1.54) is 22.6 Å². The molecule has 2 nitrogen and oxygen atoms in total. The smallest absolute Gasteiger partial charge is 0.250 e. The van der Waals surface area contributed by atoms with Crippen LogP contribution in [0, 0.1) is 14.9 Å². The van der Waals surface area contributed by atoms with Gasteiger partial charge in [-0.2, -0.15) is 18.4 Å². The summed E-state index contributed by atoms with van der Waals surface area (Å²) in [5.74, 6) is 0. The maximum atomic E-state index is 12.6. The Balaban J connectivity index is 3.44. The van der Waals surface area contributed by atoms with Crippen LogP contribution in [0.2, 0.25) is 0 Å². The van der Waals surface area contributed by atoms with Gasteiger partial charge in [0, 0.05) is 0 Å². The number of rotatable bonds is 2. The highest BCUT2D eigenvalue weighted by Gasteiger charge is 2.36. The Bertz CT molecular complexity index is 464. The molecule has 0 aliphatic rings. The molecule has 0 amide bonds. The third-order valence-corrected chi connectivity index (χ3v) is 2.94. The van der Waals surface area contributed by atoms with E-state index in [9.17, 15) is 22.0 Å². The molecule has 0 atom stereocenters. The molecule has 1 aromatic rings. The number of hydrogen-bond donors (Lipinski definition) is 0. The fraction of sp³-hybridized carbons (Fsp3) is 0.333. The normalized spacial score (nSPS) is 11.6. The van der Waals surface area contributed by atoms with Crippen LogP contribution in [-0.4, -0.2) is 4.98 Å². The molecule has 0 unspecified atom stereocenters. The largest absolute Gasteiger partial charge is 0.417 e.